The van der Waals surface area contributed by atoms with Crippen LogP contribution in [-0.4, -0.2) is 18.1 Å². The first-order valence-corrected chi connectivity index (χ1v) is 2.81. The lowest BCUT2D eigenvalue weighted by Crippen LogP contribution is -2.38. The lowest BCUT2D eigenvalue weighted by atomic mass is 10.2. The SMILES string of the molecule is CCC(F)C(F)(F)C(=O)OF. The molecule has 1 unspecified atom stereocenters. The Bertz CT molecular complexity index is 147. The van der Waals surface area contributed by atoms with Gasteiger partial charge in [0.2, 0.25) is 0 Å². The largest absolute Gasteiger partial charge is 0.420 e. The Hall–Kier alpha value is -0.810. The highest BCUT2D eigenvalue weighted by Crippen LogP contribution is 2.25. The fraction of sp³-hybridized carbons (Fsp3) is 0.800. The number of rotatable bonds is 3. The van der Waals surface area contributed by atoms with Crippen LogP contribution in [0.5, 0.6) is 0 Å². The van der Waals surface area contributed by atoms with Gasteiger partial charge in [-0.25, -0.2) is 14.1 Å². The second kappa shape index (κ2) is 3.54. The van der Waals surface area contributed by atoms with Gasteiger partial charge in [0, 0.05) is 4.53 Å². The molecule has 0 heterocycles. The van der Waals surface area contributed by atoms with Gasteiger partial charge in [0.25, 0.3) is 0 Å². The summed E-state index contributed by atoms with van der Waals surface area (Å²) in [5.41, 5.74) is 0. The fourth-order valence-corrected chi connectivity index (χ4v) is 0.436. The lowest BCUT2D eigenvalue weighted by molar-refractivity contribution is -0.219. The van der Waals surface area contributed by atoms with Gasteiger partial charge in [0.05, 0.1) is 0 Å². The Labute approximate surface area is 60.0 Å². The molecule has 0 aliphatic carbocycles. The van der Waals surface area contributed by atoms with E-state index < -0.39 is 24.5 Å². The fourth-order valence-electron chi connectivity index (χ4n) is 0.436. The van der Waals surface area contributed by atoms with E-state index in [1.165, 1.54) is 0 Å². The summed E-state index contributed by atoms with van der Waals surface area (Å²) in [5.74, 6) is -6.88. The zero-order valence-corrected chi connectivity index (χ0v) is 5.61. The van der Waals surface area contributed by atoms with Crippen molar-refractivity contribution < 1.29 is 27.4 Å². The van der Waals surface area contributed by atoms with Crippen molar-refractivity contribution in [2.24, 2.45) is 0 Å². The average molecular weight is 174 g/mol. The first-order chi connectivity index (χ1) is 4.96. The van der Waals surface area contributed by atoms with E-state index in [9.17, 15) is 22.5 Å². The van der Waals surface area contributed by atoms with Crippen LogP contribution in [0.25, 0.3) is 0 Å². The van der Waals surface area contributed by atoms with Gasteiger partial charge in [-0.1, -0.05) is 6.92 Å². The third kappa shape index (κ3) is 2.06. The van der Waals surface area contributed by atoms with Gasteiger partial charge in [0.1, 0.15) is 0 Å². The first kappa shape index (κ1) is 10.2. The first-order valence-electron chi connectivity index (χ1n) is 2.81. The summed E-state index contributed by atoms with van der Waals surface area (Å²) in [6, 6.07) is 0. The molecule has 6 heteroatoms. The van der Waals surface area contributed by atoms with Crippen molar-refractivity contribution >= 4 is 5.97 Å². The predicted molar refractivity (Wildman–Crippen MR) is 27.3 cm³/mol. The molecular formula is C5H6F4O2. The summed E-state index contributed by atoms with van der Waals surface area (Å²) in [6.07, 6.45) is -3.28. The normalized spacial score (nSPS) is 14.3. The third-order valence-electron chi connectivity index (χ3n) is 1.09. The zero-order chi connectivity index (χ0) is 9.07. The molecule has 0 aromatic heterocycles. The summed E-state index contributed by atoms with van der Waals surface area (Å²) in [7, 11) is 0. The molecule has 0 saturated carbocycles. The molecular weight excluding hydrogens is 168 g/mol. The minimum absolute atomic E-state index is 0.581. The van der Waals surface area contributed by atoms with Gasteiger partial charge in [-0.3, -0.25) is 0 Å². The topological polar surface area (TPSA) is 26.3 Å². The molecule has 0 rings (SSSR count). The molecule has 1 atom stereocenters. The third-order valence-corrected chi connectivity index (χ3v) is 1.09. The number of carbonyl (C=O) groups is 1. The molecule has 2 nitrogen and oxygen atoms in total. The van der Waals surface area contributed by atoms with Crippen LogP contribution in [-0.2, 0) is 9.74 Å². The van der Waals surface area contributed by atoms with E-state index in [4.69, 9.17) is 0 Å². The van der Waals surface area contributed by atoms with E-state index in [2.05, 4.69) is 4.94 Å². The molecule has 11 heavy (non-hydrogen) atoms. The van der Waals surface area contributed by atoms with E-state index >= 15 is 0 Å². The van der Waals surface area contributed by atoms with Crippen molar-refractivity contribution in [3.63, 3.8) is 0 Å². The molecule has 0 fully saturated rings. The lowest BCUT2D eigenvalue weighted by Gasteiger charge is -2.13. The molecule has 0 spiro atoms. The number of carbonyl (C=O) groups excluding carboxylic acids is 1. The maximum atomic E-state index is 12.1. The molecule has 0 aliphatic rings. The number of alkyl halides is 3. The Morgan fingerprint density at radius 1 is 1.64 bits per heavy atom. The van der Waals surface area contributed by atoms with Crippen molar-refractivity contribution in [1.82, 2.24) is 0 Å². The monoisotopic (exact) mass is 174 g/mol. The van der Waals surface area contributed by atoms with Crippen LogP contribution in [0.2, 0.25) is 0 Å². The highest BCUT2D eigenvalue weighted by molar-refractivity contribution is 5.77. The Morgan fingerprint density at radius 3 is 2.36 bits per heavy atom. The van der Waals surface area contributed by atoms with Crippen molar-refractivity contribution in [2.75, 3.05) is 0 Å². The molecule has 0 aliphatic heterocycles. The quantitative estimate of drug-likeness (QED) is 0.609. The second-order valence-corrected chi connectivity index (χ2v) is 1.86. The van der Waals surface area contributed by atoms with E-state index in [0.29, 0.717) is 0 Å². The van der Waals surface area contributed by atoms with Crippen LogP contribution < -0.4 is 0 Å². The molecule has 0 saturated heterocycles. The van der Waals surface area contributed by atoms with Crippen molar-refractivity contribution in [3.8, 4) is 0 Å². The molecule has 0 radical (unpaired) electrons. The summed E-state index contributed by atoms with van der Waals surface area (Å²) in [5, 5.41) is 0. The predicted octanol–water partition coefficient (Wildman–Crippen LogP) is 1.80. The van der Waals surface area contributed by atoms with Gasteiger partial charge in [0.15, 0.2) is 6.17 Å². The zero-order valence-electron chi connectivity index (χ0n) is 5.61. The van der Waals surface area contributed by atoms with Crippen molar-refractivity contribution in [3.05, 3.63) is 0 Å². The molecule has 0 aromatic rings. The van der Waals surface area contributed by atoms with E-state index in [0.717, 1.165) is 6.92 Å². The summed E-state index contributed by atoms with van der Waals surface area (Å²) >= 11 is 0. The molecule has 0 aromatic carbocycles. The highest BCUT2D eigenvalue weighted by Gasteiger charge is 2.49. The minimum atomic E-state index is -4.39. The summed E-state index contributed by atoms with van der Waals surface area (Å²) in [4.78, 5) is 12.1. The minimum Gasteiger partial charge on any atom is -0.248 e. The van der Waals surface area contributed by atoms with Crippen LogP contribution in [0.1, 0.15) is 13.3 Å². The van der Waals surface area contributed by atoms with Crippen LogP contribution in [0.3, 0.4) is 0 Å². The molecule has 0 amide bonds. The van der Waals surface area contributed by atoms with Crippen LogP contribution in [0.4, 0.5) is 17.7 Å². The number of hydrogen-bond acceptors (Lipinski definition) is 2. The van der Waals surface area contributed by atoms with E-state index in [1.54, 1.807) is 0 Å². The highest BCUT2D eigenvalue weighted by atomic mass is 19.3. The standard InChI is InChI=1S/C5H6F4O2/c1-2-3(6)5(7,8)4(10)11-9/h3H,2H2,1H3. The van der Waals surface area contributed by atoms with Gasteiger partial charge < -0.3 is 0 Å². The molecule has 0 N–H and O–H groups in total. The Balaban J connectivity index is 4.31. The number of hydrogen-bond donors (Lipinski definition) is 0. The van der Waals surface area contributed by atoms with Crippen molar-refractivity contribution in [1.29, 1.82) is 0 Å². The molecule has 66 valence electrons. The smallest absolute Gasteiger partial charge is 0.248 e. The van der Waals surface area contributed by atoms with Crippen LogP contribution in [0.15, 0.2) is 0 Å². The average Bonchev–Trinajstić information content (AvgIpc) is 2.01. The van der Waals surface area contributed by atoms with E-state index in [-0.39, 0.29) is 0 Å². The summed E-state index contributed by atoms with van der Waals surface area (Å²) in [6.45, 7) is 1.10. The Morgan fingerprint density at radius 2 is 2.09 bits per heavy atom. The van der Waals surface area contributed by atoms with E-state index in [1.807, 2.05) is 0 Å². The van der Waals surface area contributed by atoms with Crippen molar-refractivity contribution in [2.45, 2.75) is 25.4 Å². The maximum Gasteiger partial charge on any atom is 0.420 e. The van der Waals surface area contributed by atoms with Gasteiger partial charge in [-0.05, 0) is 6.42 Å². The Kier molecular flexibility index (Phi) is 3.28. The number of halogens is 4. The van der Waals surface area contributed by atoms with Crippen LogP contribution in [0, 0.1) is 0 Å². The van der Waals surface area contributed by atoms with Gasteiger partial charge in [-0.2, -0.15) is 8.78 Å². The van der Waals surface area contributed by atoms with Crippen LogP contribution >= 0.6 is 0 Å². The van der Waals surface area contributed by atoms with Gasteiger partial charge in [-0.15, -0.1) is 0 Å². The second-order valence-electron chi connectivity index (χ2n) is 1.86. The molecule has 0 bridgehead atoms. The maximum absolute atomic E-state index is 12.1. The summed E-state index contributed by atoms with van der Waals surface area (Å²) < 4.78 is 47.3. The van der Waals surface area contributed by atoms with Gasteiger partial charge >= 0.3 is 11.9 Å².